The Morgan fingerprint density at radius 3 is 2.35 bits per heavy atom. The first kappa shape index (κ1) is 14.1. The number of aryl methyl sites for hydroxylation is 1. The van der Waals surface area contributed by atoms with E-state index in [1.807, 2.05) is 21.0 Å². The Morgan fingerprint density at radius 1 is 1.35 bits per heavy atom. The van der Waals surface area contributed by atoms with E-state index in [2.05, 4.69) is 24.2 Å². The van der Waals surface area contributed by atoms with Crippen molar-refractivity contribution in [2.24, 2.45) is 5.84 Å². The summed E-state index contributed by atoms with van der Waals surface area (Å²) in [5.74, 6) is 5.45. The highest BCUT2D eigenvalue weighted by Crippen LogP contribution is 2.30. The van der Waals surface area contributed by atoms with Crippen LogP contribution >= 0.6 is 0 Å². The Labute approximate surface area is 103 Å². The van der Waals surface area contributed by atoms with Crippen molar-refractivity contribution in [3.05, 3.63) is 35.1 Å². The average molecular weight is 239 g/mol. The second kappa shape index (κ2) is 5.12. The Morgan fingerprint density at radius 2 is 1.94 bits per heavy atom. The van der Waals surface area contributed by atoms with Crippen molar-refractivity contribution in [2.75, 3.05) is 14.1 Å². The van der Waals surface area contributed by atoms with Crippen LogP contribution in [0.1, 0.15) is 31.0 Å². The molecular formula is C13H22FN3. The van der Waals surface area contributed by atoms with E-state index in [-0.39, 0.29) is 17.4 Å². The van der Waals surface area contributed by atoms with Gasteiger partial charge in [-0.2, -0.15) is 0 Å². The monoisotopic (exact) mass is 239 g/mol. The van der Waals surface area contributed by atoms with Gasteiger partial charge < -0.3 is 4.90 Å². The topological polar surface area (TPSA) is 41.3 Å². The maximum absolute atomic E-state index is 13.1. The number of nitrogens with zero attached hydrogens (tertiary/aromatic N) is 1. The minimum atomic E-state index is -0.218. The Hall–Kier alpha value is -0.970. The third kappa shape index (κ3) is 2.83. The molecule has 0 aliphatic carbocycles. The summed E-state index contributed by atoms with van der Waals surface area (Å²) in [6.45, 7) is 6.09. The zero-order valence-corrected chi connectivity index (χ0v) is 11.2. The number of rotatable bonds is 4. The highest BCUT2D eigenvalue weighted by Gasteiger charge is 2.32. The molecule has 17 heavy (non-hydrogen) atoms. The third-order valence-corrected chi connectivity index (χ3v) is 3.57. The first-order chi connectivity index (χ1) is 7.80. The van der Waals surface area contributed by atoms with E-state index in [4.69, 9.17) is 5.84 Å². The number of hydrogen-bond donors (Lipinski definition) is 2. The van der Waals surface area contributed by atoms with Crippen molar-refractivity contribution in [2.45, 2.75) is 32.4 Å². The van der Waals surface area contributed by atoms with Gasteiger partial charge in [-0.05, 0) is 58.1 Å². The fraction of sp³-hybridized carbons (Fsp3) is 0.538. The van der Waals surface area contributed by atoms with Gasteiger partial charge in [-0.1, -0.05) is 6.07 Å². The van der Waals surface area contributed by atoms with Gasteiger partial charge in [0, 0.05) is 5.54 Å². The van der Waals surface area contributed by atoms with Crippen molar-refractivity contribution in [3.63, 3.8) is 0 Å². The van der Waals surface area contributed by atoms with Gasteiger partial charge in [0.2, 0.25) is 0 Å². The molecule has 0 spiro atoms. The lowest BCUT2D eigenvalue weighted by atomic mass is 9.86. The molecule has 0 saturated carbocycles. The van der Waals surface area contributed by atoms with Crippen LogP contribution in [0.2, 0.25) is 0 Å². The lowest BCUT2D eigenvalue weighted by Gasteiger charge is -2.40. The molecule has 1 rings (SSSR count). The van der Waals surface area contributed by atoms with Gasteiger partial charge in [0.1, 0.15) is 5.82 Å². The number of hydrazine groups is 1. The Balaban J connectivity index is 3.18. The first-order valence-corrected chi connectivity index (χ1v) is 5.70. The van der Waals surface area contributed by atoms with Crippen LogP contribution in [0.25, 0.3) is 0 Å². The molecule has 0 heterocycles. The zero-order valence-electron chi connectivity index (χ0n) is 11.2. The minimum absolute atomic E-state index is 0.0573. The van der Waals surface area contributed by atoms with Gasteiger partial charge in [0.15, 0.2) is 0 Å². The molecule has 3 N–H and O–H groups in total. The van der Waals surface area contributed by atoms with Crippen LogP contribution in [0.4, 0.5) is 4.39 Å². The number of likely N-dealkylation sites (N-methyl/N-ethyl adjacent to an activating group) is 1. The highest BCUT2D eigenvalue weighted by molar-refractivity contribution is 5.31. The molecule has 1 aromatic rings. The van der Waals surface area contributed by atoms with E-state index < -0.39 is 0 Å². The summed E-state index contributed by atoms with van der Waals surface area (Å²) in [5, 5.41) is 0. The number of benzene rings is 1. The molecule has 3 nitrogen and oxygen atoms in total. The van der Waals surface area contributed by atoms with Crippen molar-refractivity contribution in [3.8, 4) is 0 Å². The molecule has 1 unspecified atom stereocenters. The van der Waals surface area contributed by atoms with E-state index in [1.165, 1.54) is 12.1 Å². The number of nitrogens with two attached hydrogens (primary N) is 1. The summed E-state index contributed by atoms with van der Waals surface area (Å²) in [7, 11) is 4.01. The zero-order chi connectivity index (χ0) is 13.2. The molecule has 0 aromatic heterocycles. The van der Waals surface area contributed by atoms with Gasteiger partial charge in [-0.3, -0.25) is 11.3 Å². The maximum Gasteiger partial charge on any atom is 0.123 e. The summed E-state index contributed by atoms with van der Waals surface area (Å²) in [6.07, 6.45) is 0. The van der Waals surface area contributed by atoms with Crippen LogP contribution in [-0.4, -0.2) is 24.5 Å². The maximum atomic E-state index is 13.1. The van der Waals surface area contributed by atoms with Gasteiger partial charge in [-0.25, -0.2) is 4.39 Å². The molecule has 0 aliphatic heterocycles. The van der Waals surface area contributed by atoms with Crippen LogP contribution in [0.3, 0.4) is 0 Å². The number of nitrogens with one attached hydrogen (secondary N) is 1. The van der Waals surface area contributed by atoms with Gasteiger partial charge >= 0.3 is 0 Å². The summed E-state index contributed by atoms with van der Waals surface area (Å²) in [4.78, 5) is 2.10. The van der Waals surface area contributed by atoms with Crippen molar-refractivity contribution in [1.29, 1.82) is 0 Å². The molecular weight excluding hydrogens is 217 g/mol. The SMILES string of the molecule is Cc1cc(F)ccc1C(NN)C(C)(C)N(C)C. The van der Waals surface area contributed by atoms with Gasteiger partial charge in [0.25, 0.3) is 0 Å². The van der Waals surface area contributed by atoms with Gasteiger partial charge in [-0.15, -0.1) is 0 Å². The van der Waals surface area contributed by atoms with E-state index in [9.17, 15) is 4.39 Å². The molecule has 1 atom stereocenters. The fourth-order valence-electron chi connectivity index (χ4n) is 1.90. The van der Waals surface area contributed by atoms with Crippen molar-refractivity contribution in [1.82, 2.24) is 10.3 Å². The molecule has 0 fully saturated rings. The smallest absolute Gasteiger partial charge is 0.123 e. The number of hydrogen-bond acceptors (Lipinski definition) is 3. The molecule has 0 radical (unpaired) electrons. The first-order valence-electron chi connectivity index (χ1n) is 5.70. The summed E-state index contributed by atoms with van der Waals surface area (Å²) in [5.41, 5.74) is 4.59. The Bertz CT molecular complexity index is 388. The van der Waals surface area contributed by atoms with Crippen molar-refractivity contribution >= 4 is 0 Å². The summed E-state index contributed by atoms with van der Waals surface area (Å²) in [6, 6.07) is 4.74. The molecule has 1 aromatic carbocycles. The normalized spacial score (nSPS) is 14.1. The molecule has 0 bridgehead atoms. The van der Waals surface area contributed by atoms with E-state index in [0.717, 1.165) is 11.1 Å². The van der Waals surface area contributed by atoms with Crippen LogP contribution in [-0.2, 0) is 0 Å². The van der Waals surface area contributed by atoms with Crippen LogP contribution in [0.15, 0.2) is 18.2 Å². The molecule has 0 aliphatic rings. The largest absolute Gasteiger partial charge is 0.302 e. The summed E-state index contributed by atoms with van der Waals surface area (Å²) >= 11 is 0. The molecule has 0 amide bonds. The van der Waals surface area contributed by atoms with E-state index in [1.54, 1.807) is 6.07 Å². The lowest BCUT2D eigenvalue weighted by Crippen LogP contribution is -2.51. The average Bonchev–Trinajstić information content (AvgIpc) is 2.21. The second-order valence-electron chi connectivity index (χ2n) is 5.15. The van der Waals surface area contributed by atoms with E-state index >= 15 is 0 Å². The lowest BCUT2D eigenvalue weighted by molar-refractivity contribution is 0.138. The predicted octanol–water partition coefficient (Wildman–Crippen LogP) is 1.98. The van der Waals surface area contributed by atoms with Gasteiger partial charge in [0.05, 0.1) is 6.04 Å². The van der Waals surface area contributed by atoms with Crippen LogP contribution in [0, 0.1) is 12.7 Å². The third-order valence-electron chi connectivity index (χ3n) is 3.57. The molecule has 4 heteroatoms. The predicted molar refractivity (Wildman–Crippen MR) is 69.0 cm³/mol. The Kier molecular flexibility index (Phi) is 4.25. The fourth-order valence-corrected chi connectivity index (χ4v) is 1.90. The standard InChI is InChI=1S/C13H22FN3/c1-9-8-10(14)6-7-11(9)12(16-15)13(2,3)17(4)5/h6-8,12,16H,15H2,1-5H3. The molecule has 0 saturated heterocycles. The molecule has 96 valence electrons. The minimum Gasteiger partial charge on any atom is -0.302 e. The van der Waals surface area contributed by atoms with E-state index in [0.29, 0.717) is 0 Å². The summed E-state index contributed by atoms with van der Waals surface area (Å²) < 4.78 is 13.1. The second-order valence-corrected chi connectivity index (χ2v) is 5.15. The number of halogens is 1. The van der Waals surface area contributed by atoms with Crippen LogP contribution in [0.5, 0.6) is 0 Å². The van der Waals surface area contributed by atoms with Crippen molar-refractivity contribution < 1.29 is 4.39 Å². The quantitative estimate of drug-likeness (QED) is 0.623. The van der Waals surface area contributed by atoms with Crippen LogP contribution < -0.4 is 11.3 Å². The highest BCUT2D eigenvalue weighted by atomic mass is 19.1.